The van der Waals surface area contributed by atoms with Crippen LogP contribution in [0, 0.1) is 0 Å². The number of hydrogen-bond donors (Lipinski definition) is 1. The van der Waals surface area contributed by atoms with E-state index >= 15 is 0 Å². The summed E-state index contributed by atoms with van der Waals surface area (Å²) in [5.41, 5.74) is 3.40. The van der Waals surface area contributed by atoms with E-state index in [1.807, 2.05) is 15.7 Å². The summed E-state index contributed by atoms with van der Waals surface area (Å²) in [7, 11) is 0. The van der Waals surface area contributed by atoms with Crippen LogP contribution in [-0.2, 0) is 24.1 Å². The van der Waals surface area contributed by atoms with Crippen molar-refractivity contribution in [3.63, 3.8) is 0 Å². The lowest BCUT2D eigenvalue weighted by atomic mass is 9.88. The van der Waals surface area contributed by atoms with Crippen LogP contribution in [0.1, 0.15) is 73.1 Å². The summed E-state index contributed by atoms with van der Waals surface area (Å²) in [5, 5.41) is 8.78. The third kappa shape index (κ3) is 4.77. The SMILES string of the molecule is C=CCn1nc(C(=O)N2CCOCC2)c2c1CCC(NCC1(N3CCCCC3)CCCC1)C2. The number of carbonyl (C=O) groups excluding carboxylic acids is 1. The fourth-order valence-electron chi connectivity index (χ4n) is 6.56. The van der Waals surface area contributed by atoms with Crippen LogP contribution >= 0.6 is 0 Å². The van der Waals surface area contributed by atoms with Crippen molar-refractivity contribution in [2.24, 2.45) is 0 Å². The van der Waals surface area contributed by atoms with Gasteiger partial charge in [0.25, 0.3) is 5.91 Å². The summed E-state index contributed by atoms with van der Waals surface area (Å²) in [6.07, 6.45) is 14.3. The quantitative estimate of drug-likeness (QED) is 0.641. The second kappa shape index (κ2) is 10.3. The van der Waals surface area contributed by atoms with Gasteiger partial charge in [-0.2, -0.15) is 5.10 Å². The van der Waals surface area contributed by atoms with Crippen molar-refractivity contribution >= 4 is 5.91 Å². The molecule has 33 heavy (non-hydrogen) atoms. The third-order valence-corrected chi connectivity index (χ3v) is 8.43. The normalized spacial score (nSPS) is 25.7. The highest BCUT2D eigenvalue weighted by Crippen LogP contribution is 2.37. The van der Waals surface area contributed by atoms with Gasteiger partial charge in [0.2, 0.25) is 0 Å². The lowest BCUT2D eigenvalue weighted by Gasteiger charge is -2.44. The Morgan fingerprint density at radius 2 is 1.88 bits per heavy atom. The highest BCUT2D eigenvalue weighted by Gasteiger charge is 2.40. The van der Waals surface area contributed by atoms with Gasteiger partial charge < -0.3 is 15.0 Å². The smallest absolute Gasteiger partial charge is 0.274 e. The zero-order valence-corrected chi connectivity index (χ0v) is 20.2. The maximum atomic E-state index is 13.4. The molecule has 7 nitrogen and oxygen atoms in total. The molecule has 0 bridgehead atoms. The molecular formula is C26H41N5O2. The van der Waals surface area contributed by atoms with Crippen molar-refractivity contribution in [1.29, 1.82) is 0 Å². The van der Waals surface area contributed by atoms with Gasteiger partial charge >= 0.3 is 0 Å². The molecule has 1 unspecified atom stereocenters. The van der Waals surface area contributed by atoms with E-state index in [2.05, 4.69) is 16.8 Å². The molecule has 0 aromatic carbocycles. The standard InChI is InChI=1S/C26H41N5O2/c1-2-12-31-23-9-8-21(19-22(23)24(28-31)25(32)29-15-17-33-18-16-29)27-20-26(10-4-5-11-26)30-13-6-3-7-14-30/h2,21,27H,1,3-20H2. The molecule has 1 aromatic rings. The number of allylic oxidation sites excluding steroid dienone is 1. The maximum absolute atomic E-state index is 13.4. The molecular weight excluding hydrogens is 414 g/mol. The van der Waals surface area contributed by atoms with E-state index in [9.17, 15) is 4.79 Å². The molecule has 0 spiro atoms. The van der Waals surface area contributed by atoms with Gasteiger partial charge in [-0.3, -0.25) is 14.4 Å². The zero-order valence-electron chi connectivity index (χ0n) is 20.2. The van der Waals surface area contributed by atoms with Crippen molar-refractivity contribution in [3.05, 3.63) is 29.6 Å². The molecule has 1 atom stereocenters. The number of morpholine rings is 1. The number of nitrogens with one attached hydrogen (secondary N) is 1. The Morgan fingerprint density at radius 1 is 1.12 bits per heavy atom. The van der Waals surface area contributed by atoms with E-state index in [1.54, 1.807) is 0 Å². The van der Waals surface area contributed by atoms with Gasteiger partial charge in [-0.1, -0.05) is 25.3 Å². The molecule has 4 aliphatic rings. The Morgan fingerprint density at radius 3 is 2.61 bits per heavy atom. The monoisotopic (exact) mass is 455 g/mol. The second-order valence-corrected chi connectivity index (χ2v) is 10.4. The van der Waals surface area contributed by atoms with E-state index in [0.29, 0.717) is 50.1 Å². The molecule has 182 valence electrons. The van der Waals surface area contributed by atoms with E-state index in [4.69, 9.17) is 9.84 Å². The molecule has 0 radical (unpaired) electrons. The Bertz CT molecular complexity index is 832. The molecule has 1 saturated carbocycles. The van der Waals surface area contributed by atoms with Gasteiger partial charge in [-0.25, -0.2) is 0 Å². The molecule has 3 fully saturated rings. The highest BCUT2D eigenvalue weighted by molar-refractivity contribution is 5.94. The van der Waals surface area contributed by atoms with Crippen LogP contribution in [0.2, 0.25) is 0 Å². The Hall–Kier alpha value is -1.70. The summed E-state index contributed by atoms with van der Waals surface area (Å²) in [4.78, 5) is 18.1. The first-order chi connectivity index (χ1) is 16.2. The Labute approximate surface area is 198 Å². The molecule has 2 aliphatic heterocycles. The predicted molar refractivity (Wildman–Crippen MR) is 130 cm³/mol. The van der Waals surface area contributed by atoms with Crippen LogP contribution in [0.15, 0.2) is 12.7 Å². The molecule has 1 amide bonds. The topological polar surface area (TPSA) is 62.6 Å². The minimum absolute atomic E-state index is 0.0681. The van der Waals surface area contributed by atoms with Crippen LogP contribution in [0.5, 0.6) is 0 Å². The fraction of sp³-hybridized carbons (Fsp3) is 0.769. The van der Waals surface area contributed by atoms with Crippen LogP contribution < -0.4 is 5.32 Å². The van der Waals surface area contributed by atoms with Gasteiger partial charge in [0.15, 0.2) is 5.69 Å². The number of rotatable bonds is 7. The van der Waals surface area contributed by atoms with Crippen molar-refractivity contribution < 1.29 is 9.53 Å². The van der Waals surface area contributed by atoms with E-state index in [0.717, 1.165) is 31.4 Å². The zero-order chi connectivity index (χ0) is 22.7. The van der Waals surface area contributed by atoms with E-state index in [-0.39, 0.29) is 5.91 Å². The van der Waals surface area contributed by atoms with Crippen LogP contribution in [0.3, 0.4) is 0 Å². The molecule has 1 aromatic heterocycles. The third-order valence-electron chi connectivity index (χ3n) is 8.43. The van der Waals surface area contributed by atoms with Crippen molar-refractivity contribution in [3.8, 4) is 0 Å². The van der Waals surface area contributed by atoms with Crippen molar-refractivity contribution in [1.82, 2.24) is 24.9 Å². The van der Waals surface area contributed by atoms with Gasteiger partial charge in [-0.05, 0) is 58.0 Å². The summed E-state index contributed by atoms with van der Waals surface area (Å²) in [5.74, 6) is 0.0681. The molecule has 3 heterocycles. The number of piperidine rings is 1. The summed E-state index contributed by atoms with van der Waals surface area (Å²) >= 11 is 0. The second-order valence-electron chi connectivity index (χ2n) is 10.4. The number of carbonyl (C=O) groups is 1. The minimum atomic E-state index is 0.0681. The van der Waals surface area contributed by atoms with Crippen LogP contribution in [0.4, 0.5) is 0 Å². The first-order valence-electron chi connectivity index (χ1n) is 13.3. The number of fused-ring (bicyclic) bond motifs is 1. The minimum Gasteiger partial charge on any atom is -0.378 e. The Balaban J connectivity index is 1.31. The average molecular weight is 456 g/mol. The Kier molecular flexibility index (Phi) is 7.18. The summed E-state index contributed by atoms with van der Waals surface area (Å²) < 4.78 is 7.46. The lowest BCUT2D eigenvalue weighted by Crippen LogP contribution is -2.56. The number of ether oxygens (including phenoxy) is 1. The predicted octanol–water partition coefficient (Wildman–Crippen LogP) is 2.79. The molecule has 7 heteroatoms. The molecule has 2 aliphatic carbocycles. The first kappa shape index (κ1) is 23.1. The first-order valence-corrected chi connectivity index (χ1v) is 13.3. The van der Waals surface area contributed by atoms with Crippen LogP contribution in [-0.4, -0.2) is 83.0 Å². The van der Waals surface area contributed by atoms with Crippen molar-refractivity contribution in [2.75, 3.05) is 45.9 Å². The van der Waals surface area contributed by atoms with E-state index < -0.39 is 0 Å². The van der Waals surface area contributed by atoms with Gasteiger partial charge in [0.05, 0.1) is 19.8 Å². The number of likely N-dealkylation sites (tertiary alicyclic amines) is 1. The number of nitrogens with zero attached hydrogens (tertiary/aromatic N) is 4. The van der Waals surface area contributed by atoms with E-state index in [1.165, 1.54) is 63.7 Å². The largest absolute Gasteiger partial charge is 0.378 e. The van der Waals surface area contributed by atoms with Gasteiger partial charge in [0.1, 0.15) is 0 Å². The fourth-order valence-corrected chi connectivity index (χ4v) is 6.56. The number of aromatic nitrogens is 2. The molecule has 1 N–H and O–H groups in total. The summed E-state index contributed by atoms with van der Waals surface area (Å²) in [6.45, 7) is 10.7. The highest BCUT2D eigenvalue weighted by atomic mass is 16.5. The van der Waals surface area contributed by atoms with Crippen LogP contribution in [0.25, 0.3) is 0 Å². The lowest BCUT2D eigenvalue weighted by molar-refractivity contribution is 0.0297. The number of hydrogen-bond acceptors (Lipinski definition) is 5. The average Bonchev–Trinajstić information content (AvgIpc) is 3.49. The number of amides is 1. The van der Waals surface area contributed by atoms with Gasteiger partial charge in [0, 0.05) is 42.5 Å². The van der Waals surface area contributed by atoms with Crippen molar-refractivity contribution in [2.45, 2.75) is 82.3 Å². The molecule has 2 saturated heterocycles. The maximum Gasteiger partial charge on any atom is 0.274 e. The van der Waals surface area contributed by atoms with Gasteiger partial charge in [-0.15, -0.1) is 6.58 Å². The molecule has 5 rings (SSSR count). The summed E-state index contributed by atoms with van der Waals surface area (Å²) in [6, 6.07) is 0.414.